The number of carbonyl (C=O) groups excluding carboxylic acids is 4. The number of imide groups is 1. The number of hydrogen-bond acceptors (Lipinski definition) is 10. The standard InChI is InChI=1S/C46H71N5O6.C2HF3O2/c1-11-33(6)38(50(9)42(32(4)5)46(55)49-45(54)41(47-8)31(2)3)26-27-40(52)57-30-51-28-18-23-39(51)43(56-10)34(7)44(53)48-37(29-36-21-16-13-17-22-36)25-24-35-19-14-12-15-20-35;3-2(4,5)1(6)7/h12-17,19-22,24-25,31-34,37-39,41-43,47H,11,18,23,26-30H2,1-10H3,(H,48,53)(H,49,54,55);(H,6,7)/b25-24+;/t33-,34?,37?,38-,39?,41-,42+,43+;/m0./s1. The van der Waals surface area contributed by atoms with Gasteiger partial charge in [0.15, 0.2) is 0 Å². The molecule has 1 aliphatic rings. The molecule has 0 spiro atoms. The van der Waals surface area contributed by atoms with Crippen molar-refractivity contribution in [2.45, 2.75) is 129 Å². The molecule has 1 saturated heterocycles. The van der Waals surface area contributed by atoms with Crippen molar-refractivity contribution in [1.82, 2.24) is 25.8 Å². The highest BCUT2D eigenvalue weighted by Crippen LogP contribution is 2.28. The van der Waals surface area contributed by atoms with Gasteiger partial charge in [-0.3, -0.25) is 34.3 Å². The van der Waals surface area contributed by atoms with Crippen molar-refractivity contribution in [2.75, 3.05) is 34.5 Å². The summed E-state index contributed by atoms with van der Waals surface area (Å²) in [5.74, 6) is -4.15. The highest BCUT2D eigenvalue weighted by molar-refractivity contribution is 6.00. The monoisotopic (exact) mass is 904 g/mol. The van der Waals surface area contributed by atoms with Gasteiger partial charge in [-0.25, -0.2) is 4.79 Å². The summed E-state index contributed by atoms with van der Waals surface area (Å²) in [5.41, 5.74) is 2.19. The van der Waals surface area contributed by atoms with E-state index in [-0.39, 0.29) is 72.7 Å². The first-order chi connectivity index (χ1) is 30.2. The number of halogens is 3. The molecular weight excluding hydrogens is 832 g/mol. The minimum Gasteiger partial charge on any atom is -0.475 e. The maximum absolute atomic E-state index is 13.8. The second-order valence-electron chi connectivity index (χ2n) is 17.2. The van der Waals surface area contributed by atoms with Crippen LogP contribution in [0, 0.1) is 23.7 Å². The second-order valence-corrected chi connectivity index (χ2v) is 17.2. The molecule has 1 fully saturated rings. The lowest BCUT2D eigenvalue weighted by molar-refractivity contribution is -0.192. The quantitative estimate of drug-likeness (QED) is 0.0876. The van der Waals surface area contributed by atoms with Gasteiger partial charge in [0, 0.05) is 32.2 Å². The van der Waals surface area contributed by atoms with Crippen molar-refractivity contribution < 1.29 is 51.7 Å². The van der Waals surface area contributed by atoms with Gasteiger partial charge >= 0.3 is 18.1 Å². The number of ether oxygens (including phenoxy) is 2. The largest absolute Gasteiger partial charge is 0.490 e. The normalized spacial score (nSPS) is 17.8. The zero-order valence-electron chi connectivity index (χ0n) is 39.2. The topological polar surface area (TPSA) is 167 Å². The van der Waals surface area contributed by atoms with Crippen molar-refractivity contribution >= 4 is 35.7 Å². The Labute approximate surface area is 377 Å². The fourth-order valence-corrected chi connectivity index (χ4v) is 8.23. The molecule has 1 heterocycles. The maximum atomic E-state index is 13.8. The number of likely N-dealkylation sites (tertiary alicyclic amines) is 1. The van der Waals surface area contributed by atoms with Crippen LogP contribution in [0.25, 0.3) is 6.08 Å². The molecule has 2 aromatic carbocycles. The summed E-state index contributed by atoms with van der Waals surface area (Å²) in [7, 11) is 5.27. The number of carboxylic acid groups (broad SMARTS) is 1. The summed E-state index contributed by atoms with van der Waals surface area (Å²) < 4.78 is 43.6. The predicted molar refractivity (Wildman–Crippen MR) is 242 cm³/mol. The molecule has 3 rings (SSSR count). The Morgan fingerprint density at radius 1 is 0.922 bits per heavy atom. The van der Waals surface area contributed by atoms with E-state index in [0.717, 1.165) is 36.9 Å². The van der Waals surface area contributed by atoms with Gasteiger partial charge in [0.05, 0.1) is 30.1 Å². The van der Waals surface area contributed by atoms with Crippen molar-refractivity contribution in [1.29, 1.82) is 0 Å². The predicted octanol–water partition coefficient (Wildman–Crippen LogP) is 6.71. The van der Waals surface area contributed by atoms with Gasteiger partial charge in [-0.15, -0.1) is 0 Å². The van der Waals surface area contributed by atoms with Crippen molar-refractivity contribution in [2.24, 2.45) is 23.7 Å². The number of rotatable bonds is 23. The Balaban J connectivity index is 0.00000185. The average Bonchev–Trinajstić information content (AvgIpc) is 3.70. The zero-order valence-corrected chi connectivity index (χ0v) is 39.2. The first-order valence-electron chi connectivity index (χ1n) is 22.2. The third kappa shape index (κ3) is 18.1. The number of nitrogens with one attached hydrogen (secondary N) is 3. The average molecular weight is 904 g/mol. The number of amides is 3. The van der Waals surface area contributed by atoms with E-state index in [4.69, 9.17) is 19.4 Å². The van der Waals surface area contributed by atoms with Crippen LogP contribution in [-0.2, 0) is 39.9 Å². The van der Waals surface area contributed by atoms with Crippen LogP contribution in [-0.4, -0.2) is 122 Å². The molecule has 8 atom stereocenters. The van der Waals surface area contributed by atoms with Crippen LogP contribution in [0.5, 0.6) is 0 Å². The number of carbonyl (C=O) groups is 5. The molecule has 16 heteroatoms. The SMILES string of the molecule is CC[C@H](C)[C@H](CCC(=O)OCN1CCCC1[C@H](OC)C(C)C(=O)NC(/C=C/c1ccccc1)Cc1ccccc1)N(C)[C@@H](C(=O)NC(=O)[C@@H](NC)C(C)C)C(C)C.O=C(O)C(F)(F)F. The van der Waals surface area contributed by atoms with Gasteiger partial charge in [-0.05, 0) is 68.7 Å². The van der Waals surface area contributed by atoms with Crippen LogP contribution >= 0.6 is 0 Å². The molecule has 64 heavy (non-hydrogen) atoms. The lowest BCUT2D eigenvalue weighted by Crippen LogP contribution is -2.57. The maximum Gasteiger partial charge on any atom is 0.490 e. The van der Waals surface area contributed by atoms with Crippen LogP contribution < -0.4 is 16.0 Å². The van der Waals surface area contributed by atoms with Crippen LogP contribution in [0.4, 0.5) is 13.2 Å². The highest BCUT2D eigenvalue weighted by atomic mass is 19.4. The number of carboxylic acids is 1. The van der Waals surface area contributed by atoms with Gasteiger partial charge < -0.3 is 25.2 Å². The third-order valence-electron chi connectivity index (χ3n) is 11.9. The molecule has 2 aromatic rings. The lowest BCUT2D eigenvalue weighted by Gasteiger charge is -2.39. The van der Waals surface area contributed by atoms with Crippen LogP contribution in [0.3, 0.4) is 0 Å². The van der Waals surface area contributed by atoms with Gasteiger partial charge in [0.1, 0.15) is 6.73 Å². The molecule has 4 N–H and O–H groups in total. The Bertz CT molecular complexity index is 1760. The van der Waals surface area contributed by atoms with E-state index in [1.165, 1.54) is 0 Å². The Kier molecular flexibility index (Phi) is 24.0. The van der Waals surface area contributed by atoms with Crippen molar-refractivity contribution in [3.8, 4) is 0 Å². The minimum absolute atomic E-state index is 0.0203. The highest BCUT2D eigenvalue weighted by Gasteiger charge is 2.40. The van der Waals surface area contributed by atoms with E-state index in [1.54, 1.807) is 14.2 Å². The third-order valence-corrected chi connectivity index (χ3v) is 11.9. The number of benzene rings is 2. The van der Waals surface area contributed by atoms with Crippen LogP contribution in [0.15, 0.2) is 66.7 Å². The first-order valence-corrected chi connectivity index (χ1v) is 22.2. The van der Waals surface area contributed by atoms with Gasteiger partial charge in [0.25, 0.3) is 0 Å². The molecule has 1 aliphatic heterocycles. The molecule has 0 radical (unpaired) electrons. The molecule has 358 valence electrons. The lowest BCUT2D eigenvalue weighted by atomic mass is 9.90. The van der Waals surface area contributed by atoms with E-state index < -0.39 is 36.3 Å². The van der Waals surface area contributed by atoms with E-state index in [0.29, 0.717) is 12.8 Å². The molecular formula is C48H72F3N5O8. The van der Waals surface area contributed by atoms with E-state index in [9.17, 15) is 32.3 Å². The van der Waals surface area contributed by atoms with E-state index in [1.807, 2.05) is 107 Å². The first kappa shape index (κ1) is 55.5. The number of aliphatic carboxylic acids is 1. The molecule has 0 bridgehead atoms. The molecule has 13 nitrogen and oxygen atoms in total. The Morgan fingerprint density at radius 2 is 1.52 bits per heavy atom. The van der Waals surface area contributed by atoms with Crippen LogP contribution in [0.2, 0.25) is 0 Å². The zero-order chi connectivity index (χ0) is 48.1. The van der Waals surface area contributed by atoms with Gasteiger partial charge in [-0.2, -0.15) is 13.2 Å². The van der Waals surface area contributed by atoms with Crippen LogP contribution in [0.1, 0.15) is 91.7 Å². The molecule has 0 aliphatic carbocycles. The molecule has 0 aromatic heterocycles. The van der Waals surface area contributed by atoms with Gasteiger partial charge in [-0.1, -0.05) is 128 Å². The summed E-state index contributed by atoms with van der Waals surface area (Å²) in [6.45, 7) is 14.8. The smallest absolute Gasteiger partial charge is 0.475 e. The summed E-state index contributed by atoms with van der Waals surface area (Å²) in [5, 5.41) is 16.1. The Morgan fingerprint density at radius 3 is 2.03 bits per heavy atom. The van der Waals surface area contributed by atoms with Crippen molar-refractivity contribution in [3.05, 3.63) is 77.9 Å². The summed E-state index contributed by atoms with van der Waals surface area (Å²) >= 11 is 0. The number of alkyl halides is 3. The molecule has 3 amide bonds. The number of likely N-dealkylation sites (N-methyl/N-ethyl adjacent to an activating group) is 2. The van der Waals surface area contributed by atoms with E-state index in [2.05, 4.69) is 46.8 Å². The number of hydrogen-bond donors (Lipinski definition) is 4. The number of esters is 1. The Hall–Kier alpha value is -4.64. The van der Waals surface area contributed by atoms with Gasteiger partial charge in [0.2, 0.25) is 17.7 Å². The second kappa shape index (κ2) is 27.6. The fourth-order valence-electron chi connectivity index (χ4n) is 8.23. The summed E-state index contributed by atoms with van der Waals surface area (Å²) in [6.07, 6.45) is 2.53. The van der Waals surface area contributed by atoms with Crippen molar-refractivity contribution in [3.63, 3.8) is 0 Å². The van der Waals surface area contributed by atoms with E-state index >= 15 is 0 Å². The number of nitrogens with zero attached hydrogens (tertiary/aromatic N) is 2. The minimum atomic E-state index is -5.08. The molecule has 3 unspecified atom stereocenters. The molecule has 0 saturated carbocycles. The fraction of sp³-hybridized carbons (Fsp3) is 0.604. The number of methoxy groups -OCH3 is 1. The summed E-state index contributed by atoms with van der Waals surface area (Å²) in [6, 6.07) is 18.7. The summed E-state index contributed by atoms with van der Waals surface area (Å²) in [4.78, 5) is 66.7.